The van der Waals surface area contributed by atoms with Crippen LogP contribution in [0.3, 0.4) is 0 Å². The number of fused-ring (bicyclic) bond motifs is 1. The van der Waals surface area contributed by atoms with Gasteiger partial charge in [-0.25, -0.2) is 4.98 Å². The van der Waals surface area contributed by atoms with Crippen LogP contribution in [0.1, 0.15) is 39.2 Å². The second-order valence-electron chi connectivity index (χ2n) is 5.85. The summed E-state index contributed by atoms with van der Waals surface area (Å²) < 4.78 is 2.26. The van der Waals surface area contributed by atoms with Crippen LogP contribution in [0.5, 0.6) is 0 Å². The first-order valence-electron chi connectivity index (χ1n) is 10.9. The van der Waals surface area contributed by atoms with Gasteiger partial charge in [-0.3, -0.25) is 0 Å². The van der Waals surface area contributed by atoms with E-state index in [9.17, 15) is 0 Å². The van der Waals surface area contributed by atoms with E-state index in [2.05, 4.69) is 111 Å². The maximum absolute atomic E-state index is 4.80. The molecule has 0 atom stereocenters. The van der Waals surface area contributed by atoms with Crippen molar-refractivity contribution in [2.45, 2.75) is 40.2 Å². The van der Waals surface area contributed by atoms with Crippen LogP contribution in [-0.2, 0) is 6.54 Å². The number of unbranched alkanes of at least 4 members (excludes halogenated alkanes) is 1. The zero-order chi connectivity index (χ0) is 24.9. The number of rotatable bonds is 7. The minimum atomic E-state index is 0.886. The first-order valence-corrected chi connectivity index (χ1v) is 10.9. The van der Waals surface area contributed by atoms with Gasteiger partial charge in [0.15, 0.2) is 0 Å². The Balaban J connectivity index is 0. The normalized spacial score (nSPS) is 8.62. The molecule has 2 N–H and O–H groups in total. The molecule has 2 aromatic carbocycles. The Morgan fingerprint density at radius 1 is 0.906 bits per heavy atom. The van der Waals surface area contributed by atoms with Gasteiger partial charge in [-0.2, -0.15) is 0 Å². The van der Waals surface area contributed by atoms with Crippen molar-refractivity contribution in [3.8, 4) is 0 Å². The van der Waals surface area contributed by atoms with E-state index in [0.717, 1.165) is 53.3 Å². The number of nitrogens with one attached hydrogen (secondary N) is 2. The van der Waals surface area contributed by atoms with Crippen molar-refractivity contribution in [1.82, 2.24) is 9.55 Å². The lowest BCUT2D eigenvalue weighted by Gasteiger charge is -2.11. The number of benzene rings is 2. The molecule has 0 aliphatic heterocycles. The third-order valence-electron chi connectivity index (χ3n) is 4.17. The molecule has 0 unspecified atom stereocenters. The molecule has 0 aliphatic carbocycles. The largest absolute Gasteiger partial charge is 0.388 e. The second kappa shape index (κ2) is 19.4. The minimum Gasteiger partial charge on any atom is -0.388 e. The smallest absolute Gasteiger partial charge is 0.208 e. The van der Waals surface area contributed by atoms with Crippen LogP contribution in [0.25, 0.3) is 17.1 Å². The van der Waals surface area contributed by atoms with Crippen molar-refractivity contribution in [2.24, 2.45) is 0 Å². The Labute approximate surface area is 196 Å². The average Bonchev–Trinajstić information content (AvgIpc) is 3.23. The van der Waals surface area contributed by atoms with E-state index >= 15 is 0 Å². The molecule has 1 aromatic heterocycles. The third-order valence-corrected chi connectivity index (χ3v) is 4.17. The van der Waals surface area contributed by atoms with Gasteiger partial charge < -0.3 is 15.2 Å². The van der Waals surface area contributed by atoms with E-state index < -0.39 is 0 Å². The molecule has 4 nitrogen and oxygen atoms in total. The SMILES string of the molecule is C=C.C=C.C=C.C=Cc1ccc2c(c1)nc(Nc1ccc(NC)cc1)n2CCCC.CC. The fourth-order valence-corrected chi connectivity index (χ4v) is 2.76. The number of anilines is 3. The molecule has 1 heterocycles. The van der Waals surface area contributed by atoms with Gasteiger partial charge in [-0.1, -0.05) is 45.9 Å². The van der Waals surface area contributed by atoms with E-state index in [4.69, 9.17) is 4.98 Å². The van der Waals surface area contributed by atoms with E-state index in [1.807, 2.05) is 27.0 Å². The Hall–Kier alpha value is -3.53. The third kappa shape index (κ3) is 9.09. The van der Waals surface area contributed by atoms with Gasteiger partial charge in [-0.05, 0) is 48.4 Å². The lowest BCUT2D eigenvalue weighted by Crippen LogP contribution is -2.04. The first-order chi connectivity index (χ1) is 15.7. The number of nitrogens with zero attached hydrogens (tertiary/aromatic N) is 2. The summed E-state index contributed by atoms with van der Waals surface area (Å²) >= 11 is 0. The highest BCUT2D eigenvalue weighted by molar-refractivity contribution is 5.82. The van der Waals surface area contributed by atoms with Crippen molar-refractivity contribution < 1.29 is 0 Å². The van der Waals surface area contributed by atoms with E-state index in [0.29, 0.717) is 0 Å². The Morgan fingerprint density at radius 2 is 1.47 bits per heavy atom. The Bertz CT molecular complexity index is 874. The fourth-order valence-electron chi connectivity index (χ4n) is 2.76. The average molecular weight is 435 g/mol. The molecule has 0 saturated carbocycles. The van der Waals surface area contributed by atoms with Crippen LogP contribution in [0, 0.1) is 0 Å². The molecular formula is C28H42N4. The van der Waals surface area contributed by atoms with Crippen LogP contribution in [0.15, 0.2) is 88.5 Å². The molecule has 4 heteroatoms. The van der Waals surface area contributed by atoms with Crippen molar-refractivity contribution >= 4 is 34.4 Å². The molecule has 0 amide bonds. The predicted molar refractivity (Wildman–Crippen MR) is 149 cm³/mol. The van der Waals surface area contributed by atoms with Crippen LogP contribution in [0.2, 0.25) is 0 Å². The summed E-state index contributed by atoms with van der Waals surface area (Å²) in [7, 11) is 1.92. The molecule has 3 rings (SSSR count). The van der Waals surface area contributed by atoms with Gasteiger partial charge in [0.25, 0.3) is 0 Å². The molecule has 0 saturated heterocycles. The number of hydrogen-bond acceptors (Lipinski definition) is 3. The van der Waals surface area contributed by atoms with Gasteiger partial charge >= 0.3 is 0 Å². The highest BCUT2D eigenvalue weighted by Crippen LogP contribution is 2.25. The standard InChI is InChI=1S/C20H24N4.C2H6.3C2H4/c1-4-6-13-24-19-12-7-15(5-2)14-18(19)23-20(24)22-17-10-8-16(21-3)9-11-17;4*1-2/h5,7-12,14,21H,2,4,6,13H2,1,3H3,(H,22,23);1-2H3;3*1-2H2. The summed E-state index contributed by atoms with van der Waals surface area (Å²) in [6.07, 6.45) is 4.14. The van der Waals surface area contributed by atoms with Crippen LogP contribution < -0.4 is 10.6 Å². The van der Waals surface area contributed by atoms with Gasteiger partial charge in [-0.15, -0.1) is 39.5 Å². The second-order valence-corrected chi connectivity index (χ2v) is 5.85. The Morgan fingerprint density at radius 3 is 1.97 bits per heavy atom. The monoisotopic (exact) mass is 434 g/mol. The molecule has 174 valence electrons. The zero-order valence-corrected chi connectivity index (χ0v) is 20.6. The Kier molecular flexibility index (Phi) is 18.6. The molecule has 32 heavy (non-hydrogen) atoms. The molecule has 0 spiro atoms. The lowest BCUT2D eigenvalue weighted by atomic mass is 10.2. The zero-order valence-electron chi connectivity index (χ0n) is 20.6. The van der Waals surface area contributed by atoms with Crippen LogP contribution >= 0.6 is 0 Å². The topological polar surface area (TPSA) is 41.9 Å². The summed E-state index contributed by atoms with van der Waals surface area (Å²) in [5.74, 6) is 0.886. The van der Waals surface area contributed by atoms with Crippen molar-refractivity contribution in [3.63, 3.8) is 0 Å². The summed E-state index contributed by atoms with van der Waals surface area (Å²) in [6, 6.07) is 14.5. The van der Waals surface area contributed by atoms with E-state index in [-0.39, 0.29) is 0 Å². The van der Waals surface area contributed by atoms with Crippen molar-refractivity contribution in [3.05, 3.63) is 94.1 Å². The minimum absolute atomic E-state index is 0.886. The predicted octanol–water partition coefficient (Wildman–Crippen LogP) is 8.70. The number of imidazole rings is 1. The fraction of sp³-hybridized carbons (Fsp3) is 0.250. The first kappa shape index (κ1) is 30.7. The maximum atomic E-state index is 4.80. The quantitative estimate of drug-likeness (QED) is 0.365. The van der Waals surface area contributed by atoms with Gasteiger partial charge in [0.1, 0.15) is 0 Å². The number of aryl methyl sites for hydroxylation is 1. The van der Waals surface area contributed by atoms with E-state index in [1.54, 1.807) is 0 Å². The summed E-state index contributed by atoms with van der Waals surface area (Å²) in [5.41, 5.74) is 5.37. The molecule has 0 fully saturated rings. The van der Waals surface area contributed by atoms with Crippen molar-refractivity contribution in [1.29, 1.82) is 0 Å². The molecule has 3 aromatic rings. The van der Waals surface area contributed by atoms with Gasteiger partial charge in [0.05, 0.1) is 11.0 Å². The summed E-state index contributed by atoms with van der Waals surface area (Å²) in [4.78, 5) is 4.80. The van der Waals surface area contributed by atoms with Gasteiger partial charge in [0.2, 0.25) is 5.95 Å². The van der Waals surface area contributed by atoms with Gasteiger partial charge in [0, 0.05) is 25.0 Å². The number of hydrogen-bond donors (Lipinski definition) is 2. The highest BCUT2D eigenvalue weighted by Gasteiger charge is 2.11. The maximum Gasteiger partial charge on any atom is 0.208 e. The van der Waals surface area contributed by atoms with Crippen molar-refractivity contribution in [2.75, 3.05) is 17.7 Å². The summed E-state index contributed by atoms with van der Waals surface area (Å²) in [5, 5.41) is 6.59. The molecule has 0 bridgehead atoms. The summed E-state index contributed by atoms with van der Waals surface area (Å²) in [6.45, 7) is 29.0. The van der Waals surface area contributed by atoms with Crippen LogP contribution in [-0.4, -0.2) is 16.6 Å². The molecule has 0 aliphatic rings. The molecular weight excluding hydrogens is 392 g/mol. The number of aromatic nitrogens is 2. The van der Waals surface area contributed by atoms with E-state index in [1.165, 1.54) is 0 Å². The molecule has 0 radical (unpaired) electrons. The van der Waals surface area contributed by atoms with Crippen LogP contribution in [0.4, 0.5) is 17.3 Å². The lowest BCUT2D eigenvalue weighted by molar-refractivity contribution is 0.652. The highest BCUT2D eigenvalue weighted by atomic mass is 15.2.